The van der Waals surface area contributed by atoms with Crippen molar-refractivity contribution in [3.63, 3.8) is 0 Å². The minimum Gasteiger partial charge on any atom is -0.300 e. The third-order valence-corrected chi connectivity index (χ3v) is 2.66. The Hall–Kier alpha value is -0.660. The minimum atomic E-state index is 0.395. The van der Waals surface area contributed by atoms with Gasteiger partial charge in [0.05, 0.1) is 0 Å². The highest BCUT2D eigenvalue weighted by Gasteiger charge is 1.95. The maximum Gasteiger partial charge on any atom is 0.132 e. The molecule has 0 heterocycles. The van der Waals surface area contributed by atoms with Gasteiger partial charge in [-0.25, -0.2) is 0 Å². The van der Waals surface area contributed by atoms with Gasteiger partial charge in [-0.15, -0.1) is 0 Å². The van der Waals surface area contributed by atoms with Gasteiger partial charge in [0.1, 0.15) is 11.6 Å². The summed E-state index contributed by atoms with van der Waals surface area (Å²) in [6, 6.07) is 0. The van der Waals surface area contributed by atoms with Crippen molar-refractivity contribution in [2.45, 2.75) is 85.5 Å². The lowest BCUT2D eigenvalue weighted by Gasteiger charge is -1.93. The molecular formula is C15H30O2. The molecule has 0 radical (unpaired) electrons. The Balaban J connectivity index is 0. The molecule has 2 heteroatoms. The molecule has 0 unspecified atom stereocenters. The van der Waals surface area contributed by atoms with E-state index in [1.54, 1.807) is 0 Å². The number of carbonyl (C=O) groups is 2. The van der Waals surface area contributed by atoms with Gasteiger partial charge in [0, 0.05) is 25.7 Å². The fourth-order valence-corrected chi connectivity index (χ4v) is 1.30. The number of ketones is 2. The van der Waals surface area contributed by atoms with Crippen molar-refractivity contribution in [2.24, 2.45) is 0 Å². The van der Waals surface area contributed by atoms with Gasteiger partial charge in [0.25, 0.3) is 0 Å². The third-order valence-electron chi connectivity index (χ3n) is 2.66. The quantitative estimate of drug-likeness (QED) is 0.549. The second kappa shape index (κ2) is 15.3. The molecule has 0 saturated heterocycles. The molecule has 0 aliphatic rings. The molecule has 0 rings (SSSR count). The van der Waals surface area contributed by atoms with Crippen LogP contribution in [0.2, 0.25) is 0 Å². The lowest BCUT2D eigenvalue weighted by Crippen LogP contribution is -1.93. The van der Waals surface area contributed by atoms with Gasteiger partial charge in [-0.2, -0.15) is 0 Å². The van der Waals surface area contributed by atoms with E-state index in [1.807, 2.05) is 13.8 Å². The Kier molecular flexibility index (Phi) is 16.9. The van der Waals surface area contributed by atoms with Gasteiger partial charge in [0.2, 0.25) is 0 Å². The van der Waals surface area contributed by atoms with Gasteiger partial charge in [-0.3, -0.25) is 9.59 Å². The summed E-state index contributed by atoms with van der Waals surface area (Å²) >= 11 is 0. The predicted molar refractivity (Wildman–Crippen MR) is 74.3 cm³/mol. The fraction of sp³-hybridized carbons (Fsp3) is 0.867. The maximum atomic E-state index is 10.7. The SMILES string of the molecule is CCCCC(=O)CC.CCCCCC(=O)CC. The summed E-state index contributed by atoms with van der Waals surface area (Å²) in [5.74, 6) is 0.801. The van der Waals surface area contributed by atoms with Crippen LogP contribution in [0.5, 0.6) is 0 Å². The summed E-state index contributed by atoms with van der Waals surface area (Å²) in [4.78, 5) is 21.3. The van der Waals surface area contributed by atoms with E-state index in [0.29, 0.717) is 24.4 Å². The molecule has 0 fully saturated rings. The Bertz CT molecular complexity index is 185. The van der Waals surface area contributed by atoms with Crippen LogP contribution in [-0.4, -0.2) is 11.6 Å². The van der Waals surface area contributed by atoms with Crippen LogP contribution in [0.15, 0.2) is 0 Å². The van der Waals surface area contributed by atoms with E-state index in [-0.39, 0.29) is 0 Å². The van der Waals surface area contributed by atoms with Crippen LogP contribution in [0.3, 0.4) is 0 Å². The molecule has 0 aromatic carbocycles. The fourth-order valence-electron chi connectivity index (χ4n) is 1.30. The van der Waals surface area contributed by atoms with E-state index >= 15 is 0 Å². The average molecular weight is 242 g/mol. The number of Topliss-reactive ketones (excluding diaryl/α,β-unsaturated/α-hetero) is 2. The van der Waals surface area contributed by atoms with Crippen molar-refractivity contribution < 1.29 is 9.59 Å². The molecule has 0 saturated carbocycles. The van der Waals surface area contributed by atoms with Gasteiger partial charge in [0.15, 0.2) is 0 Å². The molecule has 0 aromatic rings. The van der Waals surface area contributed by atoms with Crippen molar-refractivity contribution in [3.05, 3.63) is 0 Å². The van der Waals surface area contributed by atoms with Crippen LogP contribution in [0, 0.1) is 0 Å². The standard InChI is InChI=1S/C8H16O.C7H14O/c1-3-5-6-7-8(9)4-2;1-3-5-6-7(8)4-2/h3-7H2,1-2H3;3-6H2,1-2H3. The molecule has 17 heavy (non-hydrogen) atoms. The second-order valence-electron chi connectivity index (χ2n) is 4.35. The van der Waals surface area contributed by atoms with Crippen molar-refractivity contribution in [2.75, 3.05) is 0 Å². The van der Waals surface area contributed by atoms with Gasteiger partial charge in [-0.05, 0) is 12.8 Å². The van der Waals surface area contributed by atoms with Gasteiger partial charge >= 0.3 is 0 Å². The van der Waals surface area contributed by atoms with E-state index in [0.717, 1.165) is 32.1 Å². The van der Waals surface area contributed by atoms with E-state index in [4.69, 9.17) is 0 Å². The Morgan fingerprint density at radius 3 is 1.41 bits per heavy atom. The van der Waals surface area contributed by atoms with E-state index in [9.17, 15) is 9.59 Å². The normalized spacial score (nSPS) is 9.41. The summed E-state index contributed by atoms with van der Waals surface area (Å²) < 4.78 is 0. The molecule has 0 aliphatic heterocycles. The smallest absolute Gasteiger partial charge is 0.132 e. The van der Waals surface area contributed by atoms with Crippen molar-refractivity contribution in [3.8, 4) is 0 Å². The lowest BCUT2D eigenvalue weighted by molar-refractivity contribution is -0.119. The van der Waals surface area contributed by atoms with E-state index < -0.39 is 0 Å². The molecular weight excluding hydrogens is 212 g/mol. The summed E-state index contributed by atoms with van der Waals surface area (Å²) in [5.41, 5.74) is 0. The average Bonchev–Trinajstić information content (AvgIpc) is 2.36. The van der Waals surface area contributed by atoms with Crippen LogP contribution < -0.4 is 0 Å². The van der Waals surface area contributed by atoms with Crippen molar-refractivity contribution in [1.82, 2.24) is 0 Å². The molecule has 2 nitrogen and oxygen atoms in total. The zero-order valence-electron chi connectivity index (χ0n) is 12.2. The topological polar surface area (TPSA) is 34.1 Å². The maximum absolute atomic E-state index is 10.7. The zero-order chi connectivity index (χ0) is 13.5. The first kappa shape index (κ1) is 18.7. The Morgan fingerprint density at radius 2 is 1.06 bits per heavy atom. The highest BCUT2D eigenvalue weighted by atomic mass is 16.1. The first-order chi connectivity index (χ1) is 8.12. The number of hydrogen-bond acceptors (Lipinski definition) is 2. The second-order valence-corrected chi connectivity index (χ2v) is 4.35. The molecule has 0 atom stereocenters. The Morgan fingerprint density at radius 1 is 0.647 bits per heavy atom. The summed E-state index contributed by atoms with van der Waals surface area (Å²) in [6.45, 7) is 8.09. The lowest BCUT2D eigenvalue weighted by atomic mass is 10.1. The monoisotopic (exact) mass is 242 g/mol. The first-order valence-electron chi connectivity index (χ1n) is 7.15. The van der Waals surface area contributed by atoms with Crippen molar-refractivity contribution in [1.29, 1.82) is 0 Å². The zero-order valence-corrected chi connectivity index (χ0v) is 12.2. The van der Waals surface area contributed by atoms with Crippen LogP contribution in [0.1, 0.15) is 85.5 Å². The van der Waals surface area contributed by atoms with Crippen molar-refractivity contribution >= 4 is 11.6 Å². The van der Waals surface area contributed by atoms with E-state index in [2.05, 4.69) is 13.8 Å². The Labute approximate surface area is 107 Å². The highest BCUT2D eigenvalue weighted by molar-refractivity contribution is 5.78. The van der Waals surface area contributed by atoms with Crippen LogP contribution in [-0.2, 0) is 9.59 Å². The summed E-state index contributed by atoms with van der Waals surface area (Å²) in [5, 5.41) is 0. The minimum absolute atomic E-state index is 0.395. The van der Waals surface area contributed by atoms with Gasteiger partial charge in [-0.1, -0.05) is 47.0 Å². The van der Waals surface area contributed by atoms with Crippen LogP contribution in [0.4, 0.5) is 0 Å². The molecule has 0 spiro atoms. The molecule has 102 valence electrons. The van der Waals surface area contributed by atoms with Gasteiger partial charge < -0.3 is 0 Å². The molecule has 0 amide bonds. The number of rotatable bonds is 9. The summed E-state index contributed by atoms with van der Waals surface area (Å²) in [7, 11) is 0. The highest BCUT2D eigenvalue weighted by Crippen LogP contribution is 2.00. The van der Waals surface area contributed by atoms with Crippen LogP contribution >= 0.6 is 0 Å². The number of unbranched alkanes of at least 4 members (excludes halogenated alkanes) is 3. The summed E-state index contributed by atoms with van der Waals surface area (Å²) in [6.07, 6.45) is 8.69. The largest absolute Gasteiger partial charge is 0.300 e. The number of carbonyl (C=O) groups excluding carboxylic acids is 2. The first-order valence-corrected chi connectivity index (χ1v) is 7.15. The van der Waals surface area contributed by atoms with Crippen LogP contribution in [0.25, 0.3) is 0 Å². The third kappa shape index (κ3) is 17.9. The van der Waals surface area contributed by atoms with E-state index in [1.165, 1.54) is 12.8 Å². The molecule has 0 aromatic heterocycles. The molecule has 0 aliphatic carbocycles. The molecule has 0 N–H and O–H groups in total. The molecule has 0 bridgehead atoms. The number of hydrogen-bond donors (Lipinski definition) is 0. The predicted octanol–water partition coefficient (Wildman–Crippen LogP) is 4.70.